The van der Waals surface area contributed by atoms with Gasteiger partial charge < -0.3 is 14.9 Å². The van der Waals surface area contributed by atoms with Gasteiger partial charge in [-0.3, -0.25) is 0 Å². The summed E-state index contributed by atoms with van der Waals surface area (Å²) in [5.41, 5.74) is 0. The number of hydrogen-bond donors (Lipinski definition) is 2. The second kappa shape index (κ2) is 1.68. The highest BCUT2D eigenvalue weighted by atomic mass is 16.6. The average molecular weight is 130 g/mol. The predicted molar refractivity (Wildman–Crippen MR) is 29.6 cm³/mol. The van der Waals surface area contributed by atoms with Crippen molar-refractivity contribution in [1.29, 1.82) is 0 Å². The van der Waals surface area contributed by atoms with E-state index in [1.54, 1.807) is 0 Å². The Bertz CT molecular complexity index is 111. The van der Waals surface area contributed by atoms with Crippen LogP contribution in [0.25, 0.3) is 0 Å². The first-order valence-corrected chi connectivity index (χ1v) is 3.27. The Morgan fingerprint density at radius 2 is 2.00 bits per heavy atom. The molecule has 1 saturated heterocycles. The van der Waals surface area contributed by atoms with Gasteiger partial charge in [-0.1, -0.05) is 0 Å². The molecule has 4 unspecified atom stereocenters. The van der Waals surface area contributed by atoms with E-state index in [4.69, 9.17) is 14.9 Å². The largest absolute Gasteiger partial charge is 0.390 e. The Kier molecular flexibility index (Phi) is 1.06. The van der Waals surface area contributed by atoms with Gasteiger partial charge in [0.1, 0.15) is 0 Å². The zero-order valence-electron chi connectivity index (χ0n) is 5.03. The van der Waals surface area contributed by atoms with Gasteiger partial charge in [0, 0.05) is 5.92 Å². The molecule has 0 aromatic carbocycles. The van der Waals surface area contributed by atoms with Gasteiger partial charge in [0.15, 0.2) is 6.29 Å². The Hall–Kier alpha value is -0.120. The fourth-order valence-electron chi connectivity index (χ4n) is 1.45. The van der Waals surface area contributed by atoms with Crippen molar-refractivity contribution in [1.82, 2.24) is 0 Å². The lowest BCUT2D eigenvalue weighted by atomic mass is 10.1. The summed E-state index contributed by atoms with van der Waals surface area (Å²) >= 11 is 0. The minimum atomic E-state index is -0.599. The van der Waals surface area contributed by atoms with E-state index >= 15 is 0 Å². The van der Waals surface area contributed by atoms with Gasteiger partial charge >= 0.3 is 0 Å². The van der Waals surface area contributed by atoms with Crippen LogP contribution in [0.2, 0.25) is 0 Å². The van der Waals surface area contributed by atoms with E-state index in [1.807, 2.05) is 0 Å². The molecule has 1 heterocycles. The highest BCUT2D eigenvalue weighted by molar-refractivity contribution is 4.95. The van der Waals surface area contributed by atoms with Crippen molar-refractivity contribution in [3.05, 3.63) is 0 Å². The van der Waals surface area contributed by atoms with Crippen LogP contribution < -0.4 is 0 Å². The third kappa shape index (κ3) is 0.764. The summed E-state index contributed by atoms with van der Waals surface area (Å²) in [5, 5.41) is 18.1. The molecule has 0 bridgehead atoms. The van der Waals surface area contributed by atoms with Crippen LogP contribution in [0, 0.1) is 11.8 Å². The summed E-state index contributed by atoms with van der Waals surface area (Å²) in [6, 6.07) is 0. The number of ether oxygens (including phenoxy) is 1. The topological polar surface area (TPSA) is 49.7 Å². The van der Waals surface area contributed by atoms with Crippen LogP contribution in [0.5, 0.6) is 0 Å². The third-order valence-corrected chi connectivity index (χ3v) is 2.19. The van der Waals surface area contributed by atoms with Crippen molar-refractivity contribution in [2.24, 2.45) is 11.8 Å². The summed E-state index contributed by atoms with van der Waals surface area (Å²) in [6.07, 6.45) is 0.0132. The summed E-state index contributed by atoms with van der Waals surface area (Å²) in [4.78, 5) is 0. The smallest absolute Gasteiger partial charge is 0.157 e. The second-order valence-electron chi connectivity index (χ2n) is 2.85. The maximum atomic E-state index is 9.10. The van der Waals surface area contributed by atoms with E-state index in [1.165, 1.54) is 0 Å². The molecule has 0 aromatic heterocycles. The first-order valence-electron chi connectivity index (χ1n) is 3.27. The van der Waals surface area contributed by atoms with Crippen molar-refractivity contribution >= 4 is 0 Å². The number of aliphatic hydroxyl groups excluding tert-OH is 2. The van der Waals surface area contributed by atoms with Crippen LogP contribution in [0.1, 0.15) is 6.42 Å². The summed E-state index contributed by atoms with van der Waals surface area (Å²) in [5.74, 6) is 0.558. The van der Waals surface area contributed by atoms with Crippen LogP contribution in [0.15, 0.2) is 0 Å². The fourth-order valence-corrected chi connectivity index (χ4v) is 1.45. The van der Waals surface area contributed by atoms with Crippen LogP contribution in [-0.2, 0) is 4.74 Å². The van der Waals surface area contributed by atoms with E-state index in [9.17, 15) is 0 Å². The number of fused-ring (bicyclic) bond motifs is 1. The van der Waals surface area contributed by atoms with Crippen LogP contribution in [0.4, 0.5) is 0 Å². The minimum absolute atomic E-state index is 0.230. The predicted octanol–water partition coefficient (Wildman–Crippen LogP) is -0.668. The SMILES string of the molecule is OC1COC(O)C2CC12. The van der Waals surface area contributed by atoms with Gasteiger partial charge in [0.05, 0.1) is 12.7 Å². The lowest BCUT2D eigenvalue weighted by Crippen LogP contribution is -2.31. The fraction of sp³-hybridized carbons (Fsp3) is 1.00. The van der Waals surface area contributed by atoms with E-state index in [0.29, 0.717) is 12.5 Å². The molecule has 1 saturated carbocycles. The monoisotopic (exact) mass is 130 g/mol. The zero-order valence-corrected chi connectivity index (χ0v) is 5.03. The van der Waals surface area contributed by atoms with Crippen molar-refractivity contribution < 1.29 is 14.9 Å². The molecule has 4 atom stereocenters. The van der Waals surface area contributed by atoms with Gasteiger partial charge in [-0.25, -0.2) is 0 Å². The average Bonchev–Trinajstić information content (AvgIpc) is 2.57. The molecule has 0 aromatic rings. The molecule has 0 amide bonds. The molecule has 1 aliphatic heterocycles. The molecule has 3 heteroatoms. The Labute approximate surface area is 53.3 Å². The van der Waals surface area contributed by atoms with Crippen molar-refractivity contribution in [2.45, 2.75) is 18.8 Å². The first kappa shape index (κ1) is 5.65. The molecule has 0 spiro atoms. The molecule has 3 nitrogen and oxygen atoms in total. The lowest BCUT2D eigenvalue weighted by Gasteiger charge is -2.20. The van der Waals surface area contributed by atoms with Gasteiger partial charge in [0.2, 0.25) is 0 Å². The summed E-state index contributed by atoms with van der Waals surface area (Å²) in [6.45, 7) is 0.308. The normalized spacial score (nSPS) is 56.7. The molecule has 2 rings (SSSR count). The summed E-state index contributed by atoms with van der Waals surface area (Å²) < 4.78 is 4.85. The van der Waals surface area contributed by atoms with E-state index in [0.717, 1.165) is 6.42 Å². The van der Waals surface area contributed by atoms with E-state index < -0.39 is 6.29 Å². The Morgan fingerprint density at radius 3 is 2.67 bits per heavy atom. The highest BCUT2D eigenvalue weighted by Crippen LogP contribution is 2.46. The summed E-state index contributed by atoms with van der Waals surface area (Å²) in [7, 11) is 0. The van der Waals surface area contributed by atoms with E-state index in [-0.39, 0.29) is 12.0 Å². The van der Waals surface area contributed by atoms with Gasteiger partial charge in [-0.15, -0.1) is 0 Å². The van der Waals surface area contributed by atoms with Crippen molar-refractivity contribution in [2.75, 3.05) is 6.61 Å². The maximum absolute atomic E-state index is 9.10. The molecule has 9 heavy (non-hydrogen) atoms. The molecule has 2 N–H and O–H groups in total. The Balaban J connectivity index is 2.01. The Morgan fingerprint density at radius 1 is 1.22 bits per heavy atom. The maximum Gasteiger partial charge on any atom is 0.157 e. The van der Waals surface area contributed by atoms with Crippen LogP contribution in [0.3, 0.4) is 0 Å². The van der Waals surface area contributed by atoms with Crippen LogP contribution >= 0.6 is 0 Å². The molecule has 1 aliphatic carbocycles. The lowest BCUT2D eigenvalue weighted by molar-refractivity contribution is -0.163. The number of rotatable bonds is 0. The van der Waals surface area contributed by atoms with Gasteiger partial charge in [-0.05, 0) is 12.3 Å². The number of hydrogen-bond acceptors (Lipinski definition) is 3. The van der Waals surface area contributed by atoms with Crippen molar-refractivity contribution in [3.8, 4) is 0 Å². The molecule has 2 aliphatic rings. The molecular weight excluding hydrogens is 120 g/mol. The number of aliphatic hydroxyl groups is 2. The van der Waals surface area contributed by atoms with Gasteiger partial charge in [0.25, 0.3) is 0 Å². The van der Waals surface area contributed by atoms with Crippen molar-refractivity contribution in [3.63, 3.8) is 0 Å². The highest BCUT2D eigenvalue weighted by Gasteiger charge is 2.50. The zero-order chi connectivity index (χ0) is 6.43. The molecule has 52 valence electrons. The third-order valence-electron chi connectivity index (χ3n) is 2.19. The standard InChI is InChI=1S/C6H10O3/c7-5-2-9-6(8)4-1-3(4)5/h3-8H,1-2H2. The quantitative estimate of drug-likeness (QED) is 0.457. The van der Waals surface area contributed by atoms with E-state index in [2.05, 4.69) is 0 Å². The van der Waals surface area contributed by atoms with Crippen LogP contribution in [-0.4, -0.2) is 29.2 Å². The minimum Gasteiger partial charge on any atom is -0.390 e. The van der Waals surface area contributed by atoms with Gasteiger partial charge in [-0.2, -0.15) is 0 Å². The molecular formula is C6H10O3. The molecule has 0 radical (unpaired) electrons. The first-order chi connectivity index (χ1) is 4.29. The molecule has 2 fully saturated rings. The second-order valence-corrected chi connectivity index (χ2v) is 2.85.